The van der Waals surface area contributed by atoms with Gasteiger partial charge in [0.2, 0.25) is 5.91 Å². The van der Waals surface area contributed by atoms with Crippen LogP contribution in [0.3, 0.4) is 0 Å². The predicted molar refractivity (Wildman–Crippen MR) is 63.7 cm³/mol. The molecule has 0 bridgehead atoms. The number of nitrogens with one attached hydrogen (secondary N) is 1. The molecule has 0 fully saturated rings. The molecule has 0 spiro atoms. The number of primary amides is 1. The van der Waals surface area contributed by atoms with Gasteiger partial charge in [0.15, 0.2) is 0 Å². The molecule has 17 heavy (non-hydrogen) atoms. The molecule has 1 aromatic rings. The van der Waals surface area contributed by atoms with E-state index in [1.54, 1.807) is 6.26 Å². The Kier molecular flexibility index (Phi) is 6.75. The number of nitrogens with two attached hydrogens (primary N) is 1. The molecule has 0 atom stereocenters. The van der Waals surface area contributed by atoms with Crippen molar-refractivity contribution < 1.29 is 42.8 Å². The molecule has 1 aromatic carbocycles. The minimum atomic E-state index is -4.08. The van der Waals surface area contributed by atoms with Gasteiger partial charge in [-0.2, -0.15) is 11.8 Å². The fraction of sp³-hybridized carbons (Fsp3) is 0.222. The second kappa shape index (κ2) is 6.77. The Balaban J connectivity index is 0.00000256. The zero-order chi connectivity index (χ0) is 12.3. The third-order valence-electron chi connectivity index (χ3n) is 1.98. The summed E-state index contributed by atoms with van der Waals surface area (Å²) in [5, 5.41) is 7.04. The van der Waals surface area contributed by atoms with Crippen molar-refractivity contribution in [3.05, 3.63) is 34.5 Å². The van der Waals surface area contributed by atoms with Gasteiger partial charge in [-0.25, -0.2) is 8.42 Å². The summed E-state index contributed by atoms with van der Waals surface area (Å²) in [7, 11) is -4.08. The Hall–Kier alpha value is -0.0500. The first-order valence-electron chi connectivity index (χ1n) is 4.28. The maximum atomic E-state index is 11.2. The topological polar surface area (TPSA) is 101 Å². The molecule has 3 N–H and O–H groups in total. The Labute approximate surface area is 127 Å². The number of sulfonamides is 1. The normalized spacial score (nSPS) is 10.7. The molecule has 0 unspecified atom stereocenters. The summed E-state index contributed by atoms with van der Waals surface area (Å²) in [5.41, 5.74) is 5.61. The van der Waals surface area contributed by atoms with Gasteiger partial charge in [0.1, 0.15) is 0 Å². The van der Waals surface area contributed by atoms with Crippen LogP contribution in [-0.2, 0) is 15.8 Å². The summed E-state index contributed by atoms with van der Waals surface area (Å²) in [6.45, 7) is 0. The summed E-state index contributed by atoms with van der Waals surface area (Å²) >= 11 is 1.36. The maximum Gasteiger partial charge on any atom is 1.00 e. The molecule has 5 nitrogen and oxygen atoms in total. The van der Waals surface area contributed by atoms with Gasteiger partial charge in [-0.3, -0.25) is 4.79 Å². The number of hydrogen-bond acceptors (Lipinski definition) is 4. The summed E-state index contributed by atoms with van der Waals surface area (Å²) in [5.74, 6) is -0.360. The monoisotopic (exact) mass is 282 g/mol. The van der Waals surface area contributed by atoms with E-state index in [1.807, 2.05) is 0 Å². The van der Waals surface area contributed by atoms with Crippen LogP contribution in [-0.4, -0.2) is 20.6 Å². The molecular weight excluding hydrogens is 271 g/mol. The zero-order valence-corrected chi connectivity index (χ0v) is 13.2. The Bertz CT molecular complexity index is 517. The van der Waals surface area contributed by atoms with Crippen LogP contribution < -0.4 is 35.3 Å². The van der Waals surface area contributed by atoms with Gasteiger partial charge in [0, 0.05) is 11.3 Å². The number of thioether (sulfide) groups is 1. The van der Waals surface area contributed by atoms with E-state index in [1.165, 1.54) is 30.0 Å². The first kappa shape index (κ1) is 16.9. The fourth-order valence-corrected chi connectivity index (χ4v) is 2.80. The molecule has 0 saturated carbocycles. The van der Waals surface area contributed by atoms with Gasteiger partial charge in [-0.1, -0.05) is 6.07 Å². The number of benzene rings is 1. The predicted octanol–water partition coefficient (Wildman–Crippen LogP) is -1.61. The molecule has 0 radical (unpaired) electrons. The van der Waals surface area contributed by atoms with E-state index in [4.69, 9.17) is 10.9 Å². The van der Waals surface area contributed by atoms with Crippen LogP contribution in [0, 0.1) is 0 Å². The second-order valence-electron chi connectivity index (χ2n) is 3.08. The molecule has 8 heteroatoms. The largest absolute Gasteiger partial charge is 1.00 e. The molecule has 1 amide bonds. The van der Waals surface area contributed by atoms with Gasteiger partial charge in [-0.05, 0) is 24.0 Å². The van der Waals surface area contributed by atoms with Crippen LogP contribution >= 0.6 is 11.8 Å². The molecule has 1 rings (SSSR count). The number of carbonyl (C=O) groups excluding carboxylic acids is 1. The Morgan fingerprint density at radius 2 is 2.06 bits per heavy atom. The van der Waals surface area contributed by atoms with Crippen LogP contribution in [0.4, 0.5) is 0 Å². The molecule has 0 aliphatic rings. The third kappa shape index (κ3) is 4.27. The quantitative estimate of drug-likeness (QED) is 0.671. The summed E-state index contributed by atoms with van der Waals surface area (Å²) < 4.78 is 22.4. The van der Waals surface area contributed by atoms with Crippen molar-refractivity contribution in [1.82, 2.24) is 0 Å². The molecular formula is C9H11N2NaO3S2. The van der Waals surface area contributed by atoms with Crippen molar-refractivity contribution in [2.45, 2.75) is 10.6 Å². The molecule has 0 aliphatic heterocycles. The third-order valence-corrected chi connectivity index (χ3v) is 3.52. The number of rotatable bonds is 4. The number of hydrogen-bond donors (Lipinski definition) is 1. The van der Waals surface area contributed by atoms with Crippen LogP contribution in [0.5, 0.6) is 0 Å². The molecule has 0 heterocycles. The summed E-state index contributed by atoms with van der Waals surface area (Å²) in [4.78, 5) is 11.0. The van der Waals surface area contributed by atoms with E-state index in [2.05, 4.69) is 0 Å². The molecule has 88 valence electrons. The standard InChI is InChI=1S/C9H12N2O3S2.Na/c1-15-5-7-6(9(10)12)3-2-4-8(7)16(11,13)14;/h2-4H,5H2,1H3,(H4,10,11,12,13,14);/q;+1/p-1. The summed E-state index contributed by atoms with van der Waals surface area (Å²) in [6, 6.07) is 4.17. The first-order valence-corrected chi connectivity index (χ1v) is 7.16. The van der Waals surface area contributed by atoms with Gasteiger partial charge >= 0.3 is 29.6 Å². The molecule has 0 aliphatic carbocycles. The van der Waals surface area contributed by atoms with Crippen molar-refractivity contribution in [3.8, 4) is 0 Å². The average molecular weight is 282 g/mol. The second-order valence-corrected chi connectivity index (χ2v) is 5.40. The maximum absolute atomic E-state index is 11.2. The van der Waals surface area contributed by atoms with Gasteiger partial charge in [0.25, 0.3) is 0 Å². The number of carbonyl (C=O) groups is 1. The minimum Gasteiger partial charge on any atom is -0.560 e. The first-order chi connectivity index (χ1) is 7.38. The van der Waals surface area contributed by atoms with Crippen molar-refractivity contribution in [2.24, 2.45) is 5.73 Å². The van der Waals surface area contributed by atoms with Gasteiger partial charge < -0.3 is 10.9 Å². The van der Waals surface area contributed by atoms with Crippen LogP contribution in [0.1, 0.15) is 15.9 Å². The van der Waals surface area contributed by atoms with Gasteiger partial charge in [0.05, 0.1) is 14.9 Å². The van der Waals surface area contributed by atoms with Crippen molar-refractivity contribution in [2.75, 3.05) is 6.26 Å². The van der Waals surface area contributed by atoms with E-state index in [0.29, 0.717) is 11.3 Å². The average Bonchev–Trinajstić information content (AvgIpc) is 2.16. The van der Waals surface area contributed by atoms with E-state index in [0.717, 1.165) is 0 Å². The van der Waals surface area contributed by atoms with Crippen LogP contribution in [0.15, 0.2) is 23.1 Å². The van der Waals surface area contributed by atoms with Crippen LogP contribution in [0.25, 0.3) is 5.14 Å². The smallest absolute Gasteiger partial charge is 0.560 e. The Morgan fingerprint density at radius 1 is 1.47 bits per heavy atom. The summed E-state index contributed by atoms with van der Waals surface area (Å²) in [6.07, 6.45) is 1.78. The van der Waals surface area contributed by atoms with E-state index >= 15 is 0 Å². The molecule has 0 aromatic heterocycles. The van der Waals surface area contributed by atoms with Gasteiger partial charge in [-0.15, -0.1) is 0 Å². The van der Waals surface area contributed by atoms with Crippen LogP contribution in [0.2, 0.25) is 0 Å². The zero-order valence-electron chi connectivity index (χ0n) is 9.56. The van der Waals surface area contributed by atoms with Crippen molar-refractivity contribution >= 4 is 27.7 Å². The Morgan fingerprint density at radius 3 is 2.47 bits per heavy atom. The van der Waals surface area contributed by atoms with E-state index in [-0.39, 0.29) is 40.0 Å². The van der Waals surface area contributed by atoms with Crippen molar-refractivity contribution in [1.29, 1.82) is 0 Å². The number of amides is 1. The van der Waals surface area contributed by atoms with E-state index in [9.17, 15) is 13.2 Å². The minimum absolute atomic E-state index is 0. The molecule has 0 saturated heterocycles. The fourth-order valence-electron chi connectivity index (χ4n) is 1.34. The van der Waals surface area contributed by atoms with Crippen molar-refractivity contribution in [3.63, 3.8) is 0 Å². The SMILES string of the molecule is CSCc1c(C(N)=O)cccc1S([NH-])(=O)=O.[Na+]. The van der Waals surface area contributed by atoms with E-state index < -0.39 is 15.9 Å².